The zero-order chi connectivity index (χ0) is 11.8. The summed E-state index contributed by atoms with van der Waals surface area (Å²) in [5, 5.41) is 19.0. The van der Waals surface area contributed by atoms with Crippen LogP contribution in [0.2, 0.25) is 0 Å². The maximum absolute atomic E-state index is 9.61. The predicted molar refractivity (Wildman–Crippen MR) is 59.2 cm³/mol. The van der Waals surface area contributed by atoms with Gasteiger partial charge in [-0.1, -0.05) is 13.8 Å². The molecule has 0 radical (unpaired) electrons. The first kappa shape index (κ1) is 11.1. The molecule has 0 unspecified atom stereocenters. The highest BCUT2D eigenvalue weighted by Gasteiger charge is 2.28. The van der Waals surface area contributed by atoms with Crippen molar-refractivity contribution >= 4 is 0 Å². The maximum atomic E-state index is 9.61. The summed E-state index contributed by atoms with van der Waals surface area (Å²) < 4.78 is 11.0. The molecule has 1 aromatic carbocycles. The zero-order valence-corrected chi connectivity index (χ0v) is 9.49. The number of aliphatic hydroxyl groups is 1. The normalized spacial score (nSPS) is 14.9. The van der Waals surface area contributed by atoms with Crippen molar-refractivity contribution in [3.8, 4) is 17.2 Å². The first-order valence-electron chi connectivity index (χ1n) is 5.28. The fraction of sp³-hybridized carbons (Fsp3) is 0.500. The van der Waals surface area contributed by atoms with Gasteiger partial charge in [0.05, 0.1) is 6.61 Å². The molecule has 0 bridgehead atoms. The van der Waals surface area contributed by atoms with Crippen LogP contribution in [0, 0.1) is 0 Å². The predicted octanol–water partition coefficient (Wildman–Crippen LogP) is 1.43. The standard InChI is InChI=1S/C12H16O4/c1-12(2,7-13)9-5-8(14)6-10-11(9)16-4-3-15-10/h5-6,13-14H,3-4,7H2,1-2H3. The molecule has 0 fully saturated rings. The first-order chi connectivity index (χ1) is 7.54. The topological polar surface area (TPSA) is 58.9 Å². The van der Waals surface area contributed by atoms with Crippen LogP contribution in [0.4, 0.5) is 0 Å². The maximum Gasteiger partial charge on any atom is 0.165 e. The molecule has 0 amide bonds. The van der Waals surface area contributed by atoms with Crippen LogP contribution >= 0.6 is 0 Å². The summed E-state index contributed by atoms with van der Waals surface area (Å²) in [5.41, 5.74) is 0.300. The lowest BCUT2D eigenvalue weighted by Gasteiger charge is -2.29. The van der Waals surface area contributed by atoms with Gasteiger partial charge >= 0.3 is 0 Å². The number of aliphatic hydroxyl groups excluding tert-OH is 1. The van der Waals surface area contributed by atoms with E-state index >= 15 is 0 Å². The Hall–Kier alpha value is -1.42. The molecule has 4 nitrogen and oxygen atoms in total. The van der Waals surface area contributed by atoms with Gasteiger partial charge in [0, 0.05) is 17.0 Å². The molecule has 1 heterocycles. The van der Waals surface area contributed by atoms with Crippen LogP contribution in [0.15, 0.2) is 12.1 Å². The Kier molecular flexibility index (Phi) is 2.68. The number of ether oxygens (including phenoxy) is 2. The van der Waals surface area contributed by atoms with E-state index in [1.807, 2.05) is 13.8 Å². The highest BCUT2D eigenvalue weighted by atomic mass is 16.6. The van der Waals surface area contributed by atoms with E-state index in [1.54, 1.807) is 6.07 Å². The van der Waals surface area contributed by atoms with Crippen molar-refractivity contribution in [1.82, 2.24) is 0 Å². The minimum absolute atomic E-state index is 0.0216. The highest BCUT2D eigenvalue weighted by molar-refractivity contribution is 5.54. The Morgan fingerprint density at radius 1 is 1.25 bits per heavy atom. The fourth-order valence-electron chi connectivity index (χ4n) is 1.73. The highest BCUT2D eigenvalue weighted by Crippen LogP contribution is 2.42. The number of hydrogen-bond acceptors (Lipinski definition) is 4. The molecular weight excluding hydrogens is 208 g/mol. The number of phenols is 1. The molecule has 0 atom stereocenters. The van der Waals surface area contributed by atoms with Crippen LogP contribution in [0.5, 0.6) is 17.2 Å². The number of fused-ring (bicyclic) bond motifs is 1. The van der Waals surface area contributed by atoms with E-state index in [2.05, 4.69) is 0 Å². The Morgan fingerprint density at radius 3 is 2.62 bits per heavy atom. The second-order valence-corrected chi connectivity index (χ2v) is 4.56. The summed E-state index contributed by atoms with van der Waals surface area (Å²) in [6.07, 6.45) is 0. The first-order valence-corrected chi connectivity index (χ1v) is 5.28. The second-order valence-electron chi connectivity index (χ2n) is 4.56. The van der Waals surface area contributed by atoms with Crippen LogP contribution in [0.25, 0.3) is 0 Å². The fourth-order valence-corrected chi connectivity index (χ4v) is 1.73. The SMILES string of the molecule is CC(C)(CO)c1cc(O)cc2c1OCCO2. The molecule has 4 heteroatoms. The van der Waals surface area contributed by atoms with Crippen molar-refractivity contribution in [3.05, 3.63) is 17.7 Å². The van der Waals surface area contributed by atoms with Crippen LogP contribution < -0.4 is 9.47 Å². The van der Waals surface area contributed by atoms with E-state index in [4.69, 9.17) is 9.47 Å². The van der Waals surface area contributed by atoms with Gasteiger partial charge in [0.25, 0.3) is 0 Å². The Balaban J connectivity index is 2.55. The van der Waals surface area contributed by atoms with Gasteiger partial charge < -0.3 is 19.7 Å². The van der Waals surface area contributed by atoms with Crippen molar-refractivity contribution < 1.29 is 19.7 Å². The third-order valence-corrected chi connectivity index (χ3v) is 2.75. The van der Waals surface area contributed by atoms with E-state index < -0.39 is 5.41 Å². The Morgan fingerprint density at radius 2 is 1.94 bits per heavy atom. The number of phenolic OH excluding ortho intramolecular Hbond substituents is 1. The number of benzene rings is 1. The van der Waals surface area contributed by atoms with Crippen molar-refractivity contribution in [3.63, 3.8) is 0 Å². The van der Waals surface area contributed by atoms with E-state index in [0.29, 0.717) is 24.7 Å². The van der Waals surface area contributed by atoms with Crippen LogP contribution in [-0.4, -0.2) is 30.0 Å². The molecule has 2 rings (SSSR count). The summed E-state index contributed by atoms with van der Waals surface area (Å²) >= 11 is 0. The molecule has 1 aliphatic heterocycles. The largest absolute Gasteiger partial charge is 0.508 e. The smallest absolute Gasteiger partial charge is 0.165 e. The third kappa shape index (κ3) is 1.80. The minimum atomic E-state index is -0.469. The Labute approximate surface area is 94.4 Å². The monoisotopic (exact) mass is 224 g/mol. The van der Waals surface area contributed by atoms with Gasteiger partial charge in [-0.05, 0) is 6.07 Å². The average molecular weight is 224 g/mol. The summed E-state index contributed by atoms with van der Waals surface area (Å²) in [4.78, 5) is 0. The molecule has 88 valence electrons. The van der Waals surface area contributed by atoms with Gasteiger partial charge in [0.1, 0.15) is 19.0 Å². The molecule has 1 aromatic rings. The molecule has 0 saturated carbocycles. The number of aromatic hydroxyl groups is 1. The molecule has 1 aliphatic rings. The summed E-state index contributed by atoms with van der Waals surface area (Å²) in [6, 6.07) is 3.15. The summed E-state index contributed by atoms with van der Waals surface area (Å²) in [6.45, 7) is 4.73. The van der Waals surface area contributed by atoms with Gasteiger partial charge in [-0.2, -0.15) is 0 Å². The lowest BCUT2D eigenvalue weighted by atomic mass is 9.84. The molecule has 0 saturated heterocycles. The van der Waals surface area contributed by atoms with E-state index in [9.17, 15) is 10.2 Å². The lowest BCUT2D eigenvalue weighted by Crippen LogP contribution is -2.25. The molecule has 0 spiro atoms. The third-order valence-electron chi connectivity index (χ3n) is 2.75. The molecular formula is C12H16O4. The van der Waals surface area contributed by atoms with Gasteiger partial charge in [-0.15, -0.1) is 0 Å². The lowest BCUT2D eigenvalue weighted by molar-refractivity contribution is 0.160. The van der Waals surface area contributed by atoms with E-state index in [-0.39, 0.29) is 12.4 Å². The Bertz CT molecular complexity index is 398. The van der Waals surface area contributed by atoms with Crippen LogP contribution in [-0.2, 0) is 5.41 Å². The van der Waals surface area contributed by atoms with Crippen LogP contribution in [0.3, 0.4) is 0 Å². The van der Waals surface area contributed by atoms with Gasteiger partial charge in [-0.3, -0.25) is 0 Å². The van der Waals surface area contributed by atoms with Crippen molar-refractivity contribution in [1.29, 1.82) is 0 Å². The van der Waals surface area contributed by atoms with Crippen molar-refractivity contribution in [2.45, 2.75) is 19.3 Å². The van der Waals surface area contributed by atoms with Crippen molar-refractivity contribution in [2.75, 3.05) is 19.8 Å². The quantitative estimate of drug-likeness (QED) is 0.798. The van der Waals surface area contributed by atoms with E-state index in [0.717, 1.165) is 5.56 Å². The van der Waals surface area contributed by atoms with Gasteiger partial charge in [0.15, 0.2) is 11.5 Å². The van der Waals surface area contributed by atoms with Gasteiger partial charge in [0.2, 0.25) is 0 Å². The summed E-state index contributed by atoms with van der Waals surface area (Å²) in [5.74, 6) is 1.30. The number of hydrogen-bond donors (Lipinski definition) is 2. The molecule has 2 N–H and O–H groups in total. The average Bonchev–Trinajstić information content (AvgIpc) is 2.28. The molecule has 0 aromatic heterocycles. The van der Waals surface area contributed by atoms with Gasteiger partial charge in [-0.25, -0.2) is 0 Å². The minimum Gasteiger partial charge on any atom is -0.508 e. The molecule has 0 aliphatic carbocycles. The molecule has 16 heavy (non-hydrogen) atoms. The zero-order valence-electron chi connectivity index (χ0n) is 9.49. The summed E-state index contributed by atoms with van der Waals surface area (Å²) in [7, 11) is 0. The van der Waals surface area contributed by atoms with Crippen molar-refractivity contribution in [2.24, 2.45) is 0 Å². The number of rotatable bonds is 2. The second kappa shape index (κ2) is 3.87. The van der Waals surface area contributed by atoms with Crippen LogP contribution in [0.1, 0.15) is 19.4 Å². The van der Waals surface area contributed by atoms with E-state index in [1.165, 1.54) is 6.07 Å².